The molecule has 17 heavy (non-hydrogen) atoms. The summed E-state index contributed by atoms with van der Waals surface area (Å²) in [7, 11) is 0. The first-order valence-electron chi connectivity index (χ1n) is 5.74. The highest BCUT2D eigenvalue weighted by Crippen LogP contribution is 2.24. The van der Waals surface area contributed by atoms with E-state index in [2.05, 4.69) is 4.98 Å². The van der Waals surface area contributed by atoms with E-state index in [1.807, 2.05) is 42.0 Å². The topological polar surface area (TPSA) is 53.1 Å². The van der Waals surface area contributed by atoms with E-state index >= 15 is 0 Å². The highest BCUT2D eigenvalue weighted by Gasteiger charge is 2.11. The third-order valence-electron chi connectivity index (χ3n) is 2.59. The van der Waals surface area contributed by atoms with Crippen molar-refractivity contribution in [2.45, 2.75) is 19.5 Å². The Morgan fingerprint density at radius 3 is 2.94 bits per heavy atom. The van der Waals surface area contributed by atoms with Crippen LogP contribution in [0, 0.1) is 0 Å². The summed E-state index contributed by atoms with van der Waals surface area (Å²) in [6.07, 6.45) is 5.42. The molecule has 4 nitrogen and oxygen atoms in total. The summed E-state index contributed by atoms with van der Waals surface area (Å²) in [5.74, 6) is 0.864. The van der Waals surface area contributed by atoms with Gasteiger partial charge in [0.2, 0.25) is 0 Å². The molecule has 0 aliphatic heterocycles. The molecule has 90 valence electrons. The van der Waals surface area contributed by atoms with Crippen LogP contribution in [0.2, 0.25) is 0 Å². The SMILES string of the molecule is CCOc1ccccc1C(N)Cn1ccnc1. The third-order valence-corrected chi connectivity index (χ3v) is 2.59. The lowest BCUT2D eigenvalue weighted by Crippen LogP contribution is -2.17. The van der Waals surface area contributed by atoms with Gasteiger partial charge in [-0.05, 0) is 13.0 Å². The van der Waals surface area contributed by atoms with Crippen LogP contribution in [-0.4, -0.2) is 16.2 Å². The first-order valence-corrected chi connectivity index (χ1v) is 5.74. The molecule has 2 rings (SSSR count). The Kier molecular flexibility index (Phi) is 3.77. The van der Waals surface area contributed by atoms with Crippen molar-refractivity contribution in [1.82, 2.24) is 9.55 Å². The Morgan fingerprint density at radius 2 is 2.24 bits per heavy atom. The Bertz CT molecular complexity index is 453. The second kappa shape index (κ2) is 5.50. The van der Waals surface area contributed by atoms with Crippen molar-refractivity contribution in [2.75, 3.05) is 6.61 Å². The maximum Gasteiger partial charge on any atom is 0.124 e. The molecule has 1 heterocycles. The maximum atomic E-state index is 6.19. The molecule has 0 aliphatic carbocycles. The molecule has 0 bridgehead atoms. The summed E-state index contributed by atoms with van der Waals surface area (Å²) in [6, 6.07) is 7.80. The van der Waals surface area contributed by atoms with Gasteiger partial charge in [-0.1, -0.05) is 18.2 Å². The van der Waals surface area contributed by atoms with Crippen LogP contribution < -0.4 is 10.5 Å². The number of para-hydroxylation sites is 1. The zero-order valence-electron chi connectivity index (χ0n) is 9.91. The lowest BCUT2D eigenvalue weighted by Gasteiger charge is -2.16. The van der Waals surface area contributed by atoms with E-state index in [4.69, 9.17) is 10.5 Å². The minimum atomic E-state index is -0.0908. The Morgan fingerprint density at radius 1 is 1.41 bits per heavy atom. The lowest BCUT2D eigenvalue weighted by atomic mass is 10.1. The quantitative estimate of drug-likeness (QED) is 0.856. The molecule has 0 fully saturated rings. The van der Waals surface area contributed by atoms with Crippen LogP contribution in [0.1, 0.15) is 18.5 Å². The van der Waals surface area contributed by atoms with Crippen molar-refractivity contribution in [3.8, 4) is 5.75 Å². The minimum absolute atomic E-state index is 0.0908. The van der Waals surface area contributed by atoms with Crippen molar-refractivity contribution in [3.05, 3.63) is 48.5 Å². The van der Waals surface area contributed by atoms with Gasteiger partial charge in [-0.25, -0.2) is 4.98 Å². The van der Waals surface area contributed by atoms with Crippen LogP contribution in [0.3, 0.4) is 0 Å². The van der Waals surface area contributed by atoms with Crippen LogP contribution in [0.4, 0.5) is 0 Å². The van der Waals surface area contributed by atoms with Gasteiger partial charge in [-0.3, -0.25) is 0 Å². The van der Waals surface area contributed by atoms with Gasteiger partial charge in [-0.2, -0.15) is 0 Å². The molecule has 1 aromatic heterocycles. The molecular weight excluding hydrogens is 214 g/mol. The first-order chi connectivity index (χ1) is 8.31. The van der Waals surface area contributed by atoms with E-state index < -0.39 is 0 Å². The fraction of sp³-hybridized carbons (Fsp3) is 0.308. The molecule has 0 saturated heterocycles. The molecule has 1 atom stereocenters. The van der Waals surface area contributed by atoms with Crippen LogP contribution in [0.5, 0.6) is 5.75 Å². The Balaban J connectivity index is 2.15. The van der Waals surface area contributed by atoms with Crippen molar-refractivity contribution in [3.63, 3.8) is 0 Å². The summed E-state index contributed by atoms with van der Waals surface area (Å²) in [5, 5.41) is 0. The van der Waals surface area contributed by atoms with Crippen molar-refractivity contribution in [2.24, 2.45) is 5.73 Å². The van der Waals surface area contributed by atoms with E-state index in [0.29, 0.717) is 13.2 Å². The highest BCUT2D eigenvalue weighted by atomic mass is 16.5. The number of aromatic nitrogens is 2. The fourth-order valence-corrected chi connectivity index (χ4v) is 1.79. The molecule has 0 spiro atoms. The second-order valence-electron chi connectivity index (χ2n) is 3.84. The Hall–Kier alpha value is -1.81. The molecule has 1 unspecified atom stereocenters. The van der Waals surface area contributed by atoms with Crippen LogP contribution in [0.15, 0.2) is 43.0 Å². The average molecular weight is 231 g/mol. The van der Waals surface area contributed by atoms with Gasteiger partial charge >= 0.3 is 0 Å². The zero-order valence-corrected chi connectivity index (χ0v) is 9.91. The molecular formula is C13H17N3O. The lowest BCUT2D eigenvalue weighted by molar-refractivity contribution is 0.332. The smallest absolute Gasteiger partial charge is 0.124 e. The summed E-state index contributed by atoms with van der Waals surface area (Å²) in [5.41, 5.74) is 7.22. The fourth-order valence-electron chi connectivity index (χ4n) is 1.79. The van der Waals surface area contributed by atoms with E-state index in [1.165, 1.54) is 0 Å². The number of imidazole rings is 1. The molecule has 0 amide bonds. The molecule has 0 radical (unpaired) electrons. The number of nitrogens with zero attached hydrogens (tertiary/aromatic N) is 2. The predicted molar refractivity (Wildman–Crippen MR) is 66.8 cm³/mol. The molecule has 0 saturated carbocycles. The summed E-state index contributed by atoms with van der Waals surface area (Å²) < 4.78 is 7.54. The van der Waals surface area contributed by atoms with Gasteiger partial charge in [0.15, 0.2) is 0 Å². The summed E-state index contributed by atoms with van der Waals surface area (Å²) in [4.78, 5) is 4.00. The van der Waals surface area contributed by atoms with Crippen molar-refractivity contribution >= 4 is 0 Å². The zero-order chi connectivity index (χ0) is 12.1. The van der Waals surface area contributed by atoms with Crippen LogP contribution in [-0.2, 0) is 6.54 Å². The third kappa shape index (κ3) is 2.85. The standard InChI is InChI=1S/C13H17N3O/c1-2-17-13-6-4-3-5-11(13)12(14)9-16-8-7-15-10-16/h3-8,10,12H,2,9,14H2,1H3. The average Bonchev–Trinajstić information content (AvgIpc) is 2.83. The van der Waals surface area contributed by atoms with Gasteiger partial charge in [0.05, 0.1) is 19.0 Å². The van der Waals surface area contributed by atoms with Gasteiger partial charge in [0.25, 0.3) is 0 Å². The normalized spacial score (nSPS) is 12.4. The monoisotopic (exact) mass is 231 g/mol. The number of hydrogen-bond donors (Lipinski definition) is 1. The van der Waals surface area contributed by atoms with E-state index in [-0.39, 0.29) is 6.04 Å². The van der Waals surface area contributed by atoms with E-state index in [9.17, 15) is 0 Å². The molecule has 1 aromatic carbocycles. The van der Waals surface area contributed by atoms with Gasteiger partial charge in [0, 0.05) is 24.5 Å². The van der Waals surface area contributed by atoms with Gasteiger partial charge in [0.1, 0.15) is 5.75 Å². The van der Waals surface area contributed by atoms with Crippen LogP contribution >= 0.6 is 0 Å². The molecule has 2 aromatic rings. The van der Waals surface area contributed by atoms with Crippen molar-refractivity contribution < 1.29 is 4.74 Å². The van der Waals surface area contributed by atoms with E-state index in [1.54, 1.807) is 12.5 Å². The minimum Gasteiger partial charge on any atom is -0.494 e. The summed E-state index contributed by atoms with van der Waals surface area (Å²) >= 11 is 0. The van der Waals surface area contributed by atoms with Crippen molar-refractivity contribution in [1.29, 1.82) is 0 Å². The number of ether oxygens (including phenoxy) is 1. The number of nitrogens with two attached hydrogens (primary N) is 1. The number of rotatable bonds is 5. The van der Waals surface area contributed by atoms with Gasteiger partial charge in [-0.15, -0.1) is 0 Å². The molecule has 2 N–H and O–H groups in total. The second-order valence-corrected chi connectivity index (χ2v) is 3.84. The molecule has 0 aliphatic rings. The van der Waals surface area contributed by atoms with Gasteiger partial charge < -0.3 is 15.0 Å². The van der Waals surface area contributed by atoms with Crippen LogP contribution in [0.25, 0.3) is 0 Å². The first kappa shape index (κ1) is 11.7. The molecule has 4 heteroatoms. The number of hydrogen-bond acceptors (Lipinski definition) is 3. The highest BCUT2D eigenvalue weighted by molar-refractivity contribution is 5.35. The van der Waals surface area contributed by atoms with E-state index in [0.717, 1.165) is 11.3 Å². The predicted octanol–water partition coefficient (Wildman–Crippen LogP) is 1.98. The summed E-state index contributed by atoms with van der Waals surface area (Å²) in [6.45, 7) is 3.32. The number of benzene rings is 1. The largest absolute Gasteiger partial charge is 0.494 e. The maximum absolute atomic E-state index is 6.19. The Labute approximate surface area is 101 Å².